The van der Waals surface area contributed by atoms with E-state index in [9.17, 15) is 18.6 Å². The van der Waals surface area contributed by atoms with Gasteiger partial charge in [-0.15, -0.1) is 0 Å². The molecule has 10 heteroatoms. The van der Waals surface area contributed by atoms with Gasteiger partial charge in [0.05, 0.1) is 11.5 Å². The number of phenols is 1. The molecule has 204 valence electrons. The van der Waals surface area contributed by atoms with Crippen LogP contribution < -0.4 is 24.4 Å². The highest BCUT2D eigenvalue weighted by atomic mass is 32.2. The van der Waals surface area contributed by atoms with Gasteiger partial charge in [-0.1, -0.05) is 13.3 Å². The third-order valence-corrected chi connectivity index (χ3v) is 7.59. The molecule has 1 aliphatic rings. The van der Waals surface area contributed by atoms with Gasteiger partial charge >= 0.3 is 0 Å². The quantitative estimate of drug-likeness (QED) is 0.229. The second-order valence-corrected chi connectivity index (χ2v) is 11.0. The molecule has 1 atom stereocenters. The van der Waals surface area contributed by atoms with E-state index in [4.69, 9.17) is 9.47 Å². The zero-order valence-corrected chi connectivity index (χ0v) is 22.2. The highest BCUT2D eigenvalue weighted by molar-refractivity contribution is 7.92. The molecule has 3 aromatic rings. The van der Waals surface area contributed by atoms with Crippen molar-refractivity contribution in [1.82, 2.24) is 5.32 Å². The van der Waals surface area contributed by atoms with Gasteiger partial charge in [0.1, 0.15) is 30.0 Å². The Morgan fingerprint density at radius 2 is 1.58 bits per heavy atom. The summed E-state index contributed by atoms with van der Waals surface area (Å²) in [5, 5.41) is 22.8. The standard InChI is InChI=1S/C28H35N3O6S/c1-2-3-16-36-26-12-14-28(15-13-26)38(34,35)30-21-4-6-23(7-5-21)31-18-22(19-31)29-17-25(33)20-37-27-10-8-24(32)9-11-27/h4-15,22,25,29-30,32-33H,2-3,16-20H2,1H3/t25-/m0/s1. The van der Waals surface area contributed by atoms with E-state index in [-0.39, 0.29) is 23.3 Å². The van der Waals surface area contributed by atoms with E-state index in [1.54, 1.807) is 48.5 Å². The molecule has 0 aromatic heterocycles. The van der Waals surface area contributed by atoms with Gasteiger partial charge in [-0.2, -0.15) is 0 Å². The molecule has 0 amide bonds. The summed E-state index contributed by atoms with van der Waals surface area (Å²) >= 11 is 0. The first-order valence-corrected chi connectivity index (χ1v) is 14.2. The third kappa shape index (κ3) is 7.77. The molecule has 9 nitrogen and oxygen atoms in total. The van der Waals surface area contributed by atoms with Crippen LogP contribution in [0.1, 0.15) is 19.8 Å². The number of nitrogens with one attached hydrogen (secondary N) is 2. The van der Waals surface area contributed by atoms with Crippen molar-refractivity contribution in [2.75, 3.05) is 42.5 Å². The SMILES string of the molecule is CCCCOc1ccc(S(=O)(=O)Nc2ccc(N3CC(NC[C@H](O)COc4ccc(O)cc4)C3)cc2)cc1. The van der Waals surface area contributed by atoms with Gasteiger partial charge < -0.3 is 29.9 Å². The Balaban J connectivity index is 1.18. The fourth-order valence-corrected chi connectivity index (χ4v) is 4.98. The Morgan fingerprint density at radius 3 is 2.24 bits per heavy atom. The number of unbranched alkanes of at least 4 members (excludes halogenated alkanes) is 1. The number of rotatable bonds is 14. The number of aliphatic hydroxyl groups excluding tert-OH is 1. The monoisotopic (exact) mass is 541 g/mol. The number of ether oxygens (including phenoxy) is 2. The number of nitrogens with zero attached hydrogens (tertiary/aromatic N) is 1. The van der Waals surface area contributed by atoms with Gasteiger partial charge in [0.25, 0.3) is 10.0 Å². The predicted molar refractivity (Wildman–Crippen MR) is 148 cm³/mol. The second-order valence-electron chi connectivity index (χ2n) is 9.29. The van der Waals surface area contributed by atoms with Gasteiger partial charge in [0.15, 0.2) is 0 Å². The van der Waals surface area contributed by atoms with Crippen molar-refractivity contribution < 1.29 is 28.1 Å². The summed E-state index contributed by atoms with van der Waals surface area (Å²) in [4.78, 5) is 2.35. The molecule has 0 aliphatic carbocycles. The van der Waals surface area contributed by atoms with Crippen molar-refractivity contribution in [3.8, 4) is 17.2 Å². The van der Waals surface area contributed by atoms with Crippen LogP contribution in [0.15, 0.2) is 77.7 Å². The average Bonchev–Trinajstić information content (AvgIpc) is 2.88. The van der Waals surface area contributed by atoms with Crippen LogP contribution in [0.25, 0.3) is 0 Å². The van der Waals surface area contributed by atoms with Crippen LogP contribution in [0.2, 0.25) is 0 Å². The summed E-state index contributed by atoms with van der Waals surface area (Å²) in [7, 11) is -3.70. The van der Waals surface area contributed by atoms with Crippen molar-refractivity contribution in [3.05, 3.63) is 72.8 Å². The van der Waals surface area contributed by atoms with E-state index in [2.05, 4.69) is 21.9 Å². The van der Waals surface area contributed by atoms with Crippen LogP contribution in [0.4, 0.5) is 11.4 Å². The first-order valence-electron chi connectivity index (χ1n) is 12.8. The minimum Gasteiger partial charge on any atom is -0.508 e. The Morgan fingerprint density at radius 1 is 0.947 bits per heavy atom. The van der Waals surface area contributed by atoms with E-state index in [0.717, 1.165) is 31.6 Å². The van der Waals surface area contributed by atoms with E-state index < -0.39 is 16.1 Å². The minimum atomic E-state index is -3.70. The molecule has 1 aliphatic heterocycles. The summed E-state index contributed by atoms with van der Waals surface area (Å²) in [5.74, 6) is 1.41. The first kappa shape index (κ1) is 27.6. The zero-order valence-electron chi connectivity index (χ0n) is 21.4. The molecule has 1 saturated heterocycles. The van der Waals surface area contributed by atoms with Crippen LogP contribution in [0.3, 0.4) is 0 Å². The predicted octanol–water partition coefficient (Wildman–Crippen LogP) is 3.59. The first-order chi connectivity index (χ1) is 18.3. The van der Waals surface area contributed by atoms with E-state index in [1.165, 1.54) is 12.1 Å². The fourth-order valence-electron chi connectivity index (χ4n) is 3.92. The number of phenolic OH excluding ortho intramolecular Hbond substituents is 1. The lowest BCUT2D eigenvalue weighted by atomic mass is 10.1. The second kappa shape index (κ2) is 12.9. The molecule has 4 N–H and O–H groups in total. The number of aromatic hydroxyl groups is 1. The maximum Gasteiger partial charge on any atom is 0.261 e. The third-order valence-electron chi connectivity index (χ3n) is 6.19. The molecule has 1 heterocycles. The average molecular weight is 542 g/mol. The van der Waals surface area contributed by atoms with Gasteiger partial charge in [-0.3, -0.25) is 4.72 Å². The zero-order chi connectivity index (χ0) is 27.0. The number of hydrogen-bond acceptors (Lipinski definition) is 8. The number of benzene rings is 3. The normalized spacial score (nSPS) is 14.5. The summed E-state index contributed by atoms with van der Waals surface area (Å²) in [6, 6.07) is 20.3. The summed E-state index contributed by atoms with van der Waals surface area (Å²) < 4.78 is 39.3. The lowest BCUT2D eigenvalue weighted by Gasteiger charge is -2.42. The largest absolute Gasteiger partial charge is 0.508 e. The Hall–Kier alpha value is -3.47. The number of sulfonamides is 1. The lowest BCUT2D eigenvalue weighted by Crippen LogP contribution is -2.59. The maximum absolute atomic E-state index is 12.8. The Labute approximate surface area is 224 Å². The highest BCUT2D eigenvalue weighted by Crippen LogP contribution is 2.25. The van der Waals surface area contributed by atoms with E-state index in [1.807, 2.05) is 12.1 Å². The van der Waals surface area contributed by atoms with Crippen LogP contribution in [-0.4, -0.2) is 63.6 Å². The summed E-state index contributed by atoms with van der Waals surface area (Å²) in [6.07, 6.45) is 1.33. The molecular formula is C28H35N3O6S. The molecule has 0 bridgehead atoms. The van der Waals surface area contributed by atoms with Crippen molar-refractivity contribution in [2.45, 2.75) is 36.8 Å². The van der Waals surface area contributed by atoms with Crippen LogP contribution >= 0.6 is 0 Å². The number of anilines is 2. The van der Waals surface area contributed by atoms with Gasteiger partial charge in [0, 0.05) is 37.1 Å². The van der Waals surface area contributed by atoms with Gasteiger partial charge in [0.2, 0.25) is 0 Å². The van der Waals surface area contributed by atoms with E-state index >= 15 is 0 Å². The maximum atomic E-state index is 12.8. The number of hydrogen-bond donors (Lipinski definition) is 4. The molecule has 1 fully saturated rings. The van der Waals surface area contributed by atoms with E-state index in [0.29, 0.717) is 30.3 Å². The summed E-state index contributed by atoms with van der Waals surface area (Å²) in [5.41, 5.74) is 1.49. The molecule has 3 aromatic carbocycles. The Bertz CT molecular complexity index is 1250. The number of aliphatic hydroxyl groups is 1. The molecule has 0 unspecified atom stereocenters. The Kier molecular flexibility index (Phi) is 9.33. The van der Waals surface area contributed by atoms with Crippen molar-refractivity contribution in [3.63, 3.8) is 0 Å². The highest BCUT2D eigenvalue weighted by Gasteiger charge is 2.27. The summed E-state index contributed by atoms with van der Waals surface area (Å²) in [6.45, 7) is 4.82. The van der Waals surface area contributed by atoms with Crippen LogP contribution in [-0.2, 0) is 10.0 Å². The molecule has 0 radical (unpaired) electrons. The van der Waals surface area contributed by atoms with Crippen molar-refractivity contribution in [2.24, 2.45) is 0 Å². The smallest absolute Gasteiger partial charge is 0.261 e. The molecule has 38 heavy (non-hydrogen) atoms. The van der Waals surface area contributed by atoms with Crippen LogP contribution in [0, 0.1) is 0 Å². The molecular weight excluding hydrogens is 506 g/mol. The molecule has 0 saturated carbocycles. The minimum absolute atomic E-state index is 0.155. The molecule has 0 spiro atoms. The van der Waals surface area contributed by atoms with Crippen LogP contribution in [0.5, 0.6) is 17.2 Å². The van der Waals surface area contributed by atoms with Crippen molar-refractivity contribution >= 4 is 21.4 Å². The van der Waals surface area contributed by atoms with Gasteiger partial charge in [-0.05, 0) is 79.2 Å². The van der Waals surface area contributed by atoms with Crippen molar-refractivity contribution in [1.29, 1.82) is 0 Å². The lowest BCUT2D eigenvalue weighted by molar-refractivity contribution is 0.102. The topological polar surface area (TPSA) is 120 Å². The van der Waals surface area contributed by atoms with Gasteiger partial charge in [-0.25, -0.2) is 8.42 Å². The fraction of sp³-hybridized carbons (Fsp3) is 0.357. The molecule has 4 rings (SSSR count).